The first-order valence-corrected chi connectivity index (χ1v) is 8.26. The van der Waals surface area contributed by atoms with E-state index in [0.29, 0.717) is 18.7 Å². The Morgan fingerprint density at radius 3 is 3.14 bits per heavy atom. The molecule has 1 atom stereocenters. The molecule has 0 aliphatic carbocycles. The minimum atomic E-state index is -0.0664. The summed E-state index contributed by atoms with van der Waals surface area (Å²) in [6.45, 7) is 4.01. The van der Waals surface area contributed by atoms with Gasteiger partial charge >= 0.3 is 0 Å². The highest BCUT2D eigenvalue weighted by atomic mass is 32.1. The molecule has 0 bridgehead atoms. The van der Waals surface area contributed by atoms with Crippen LogP contribution in [0.15, 0.2) is 12.4 Å². The summed E-state index contributed by atoms with van der Waals surface area (Å²) in [5, 5.41) is 8.47. The topological polar surface area (TPSA) is 69.0 Å². The number of nitrogens with one attached hydrogen (secondary N) is 1. The van der Waals surface area contributed by atoms with Crippen LogP contribution in [-0.2, 0) is 18.2 Å². The second-order valence-corrected chi connectivity index (χ2v) is 6.85. The molecular weight excluding hydrogens is 300 g/mol. The van der Waals surface area contributed by atoms with Crippen molar-refractivity contribution in [2.75, 3.05) is 19.8 Å². The van der Waals surface area contributed by atoms with Gasteiger partial charge in [0.15, 0.2) is 0 Å². The zero-order chi connectivity index (χ0) is 15.5. The van der Waals surface area contributed by atoms with Gasteiger partial charge in [0, 0.05) is 49.8 Å². The average molecular weight is 320 g/mol. The van der Waals surface area contributed by atoms with Crippen molar-refractivity contribution in [3.8, 4) is 0 Å². The van der Waals surface area contributed by atoms with Gasteiger partial charge in [0.2, 0.25) is 0 Å². The number of carbonyl (C=O) groups excluding carboxylic acids is 1. The second-order valence-electron chi connectivity index (χ2n) is 5.53. The van der Waals surface area contributed by atoms with Crippen LogP contribution >= 0.6 is 11.3 Å². The van der Waals surface area contributed by atoms with Gasteiger partial charge in [-0.05, 0) is 13.3 Å². The molecule has 1 amide bonds. The molecule has 0 radical (unpaired) electrons. The maximum absolute atomic E-state index is 12.4. The maximum atomic E-state index is 12.4. The largest absolute Gasteiger partial charge is 0.381 e. The monoisotopic (exact) mass is 320 g/mol. The smallest absolute Gasteiger partial charge is 0.254 e. The van der Waals surface area contributed by atoms with E-state index in [1.165, 1.54) is 4.88 Å². The number of aryl methyl sites for hydroxylation is 2. The normalized spacial score (nSPS) is 17.8. The number of ether oxygens (including phenoxy) is 1. The third-order valence-corrected chi connectivity index (χ3v) is 4.68. The van der Waals surface area contributed by atoms with Gasteiger partial charge in [-0.3, -0.25) is 9.48 Å². The lowest BCUT2D eigenvalue weighted by Gasteiger charge is -2.07. The van der Waals surface area contributed by atoms with Crippen LogP contribution in [0.2, 0.25) is 0 Å². The van der Waals surface area contributed by atoms with Crippen LogP contribution in [0.1, 0.15) is 38.3 Å². The standard InChI is InChI=1S/C15H20N4O2S/c1-10-7-17-13(22-10)3-5-16-15(20)12-8-19(2)18-14(12)11-4-6-21-9-11/h7-8,11H,3-6,9H2,1-2H3,(H,16,20)/t11-/m0/s1. The average Bonchev–Trinajstić information content (AvgIpc) is 3.19. The van der Waals surface area contributed by atoms with Crippen molar-refractivity contribution in [2.24, 2.45) is 7.05 Å². The van der Waals surface area contributed by atoms with Crippen LogP contribution in [0.25, 0.3) is 0 Å². The fourth-order valence-corrected chi connectivity index (χ4v) is 3.41. The molecule has 22 heavy (non-hydrogen) atoms. The summed E-state index contributed by atoms with van der Waals surface area (Å²) in [5.74, 6) is 0.159. The van der Waals surface area contributed by atoms with E-state index in [-0.39, 0.29) is 11.8 Å². The SMILES string of the molecule is Cc1cnc(CCNC(=O)c2cn(C)nc2[C@H]2CCOC2)s1. The highest BCUT2D eigenvalue weighted by molar-refractivity contribution is 7.11. The number of thiazole rings is 1. The number of carbonyl (C=O) groups is 1. The highest BCUT2D eigenvalue weighted by Gasteiger charge is 2.26. The van der Waals surface area contributed by atoms with Gasteiger partial charge < -0.3 is 10.1 Å². The number of hydrogen-bond acceptors (Lipinski definition) is 5. The molecule has 6 nitrogen and oxygen atoms in total. The molecule has 1 aliphatic rings. The van der Waals surface area contributed by atoms with Crippen molar-refractivity contribution >= 4 is 17.2 Å². The Kier molecular flexibility index (Phi) is 4.54. The van der Waals surface area contributed by atoms with Crippen LogP contribution < -0.4 is 5.32 Å². The van der Waals surface area contributed by atoms with E-state index in [0.717, 1.165) is 30.2 Å². The molecular formula is C15H20N4O2S. The van der Waals surface area contributed by atoms with Crippen molar-refractivity contribution in [2.45, 2.75) is 25.7 Å². The third kappa shape index (κ3) is 3.36. The Hall–Kier alpha value is -1.73. The Balaban J connectivity index is 1.62. The summed E-state index contributed by atoms with van der Waals surface area (Å²) < 4.78 is 7.11. The molecule has 118 valence electrons. The van der Waals surface area contributed by atoms with E-state index < -0.39 is 0 Å². The molecule has 7 heteroatoms. The molecule has 0 aromatic carbocycles. The van der Waals surface area contributed by atoms with Gasteiger partial charge in [0.25, 0.3) is 5.91 Å². The van der Waals surface area contributed by atoms with E-state index in [9.17, 15) is 4.79 Å². The molecule has 0 saturated carbocycles. The first-order valence-electron chi connectivity index (χ1n) is 7.44. The van der Waals surface area contributed by atoms with E-state index in [1.54, 1.807) is 22.2 Å². The molecule has 3 heterocycles. The van der Waals surface area contributed by atoms with Gasteiger partial charge in [-0.25, -0.2) is 4.98 Å². The molecule has 1 saturated heterocycles. The van der Waals surface area contributed by atoms with E-state index in [4.69, 9.17) is 4.74 Å². The van der Waals surface area contributed by atoms with Gasteiger partial charge in [0.1, 0.15) is 0 Å². The Labute approximate surface area is 133 Å². The lowest BCUT2D eigenvalue weighted by Crippen LogP contribution is -2.26. The lowest BCUT2D eigenvalue weighted by atomic mass is 10.0. The Morgan fingerprint density at radius 1 is 1.59 bits per heavy atom. The Bertz CT molecular complexity index is 658. The number of aromatic nitrogens is 3. The number of hydrogen-bond donors (Lipinski definition) is 1. The minimum Gasteiger partial charge on any atom is -0.381 e. The molecule has 0 spiro atoms. The van der Waals surface area contributed by atoms with Gasteiger partial charge in [-0.2, -0.15) is 5.10 Å². The second kappa shape index (κ2) is 6.58. The summed E-state index contributed by atoms with van der Waals surface area (Å²) in [7, 11) is 1.84. The molecule has 1 aliphatic heterocycles. The summed E-state index contributed by atoms with van der Waals surface area (Å²) in [6, 6.07) is 0. The van der Waals surface area contributed by atoms with Crippen molar-refractivity contribution in [1.29, 1.82) is 0 Å². The zero-order valence-corrected chi connectivity index (χ0v) is 13.7. The first-order chi connectivity index (χ1) is 10.6. The van der Waals surface area contributed by atoms with E-state index in [2.05, 4.69) is 15.4 Å². The van der Waals surface area contributed by atoms with Gasteiger partial charge in [0.05, 0.1) is 22.9 Å². The molecule has 3 rings (SSSR count). The van der Waals surface area contributed by atoms with Gasteiger partial charge in [-0.1, -0.05) is 0 Å². The predicted octanol–water partition coefficient (Wildman–Crippen LogP) is 1.66. The first kappa shape index (κ1) is 15.2. The highest BCUT2D eigenvalue weighted by Crippen LogP contribution is 2.26. The summed E-state index contributed by atoms with van der Waals surface area (Å²) in [4.78, 5) is 17.9. The van der Waals surface area contributed by atoms with Crippen molar-refractivity contribution in [1.82, 2.24) is 20.1 Å². The van der Waals surface area contributed by atoms with Crippen LogP contribution in [0.3, 0.4) is 0 Å². The Morgan fingerprint density at radius 2 is 2.45 bits per heavy atom. The summed E-state index contributed by atoms with van der Waals surface area (Å²) >= 11 is 1.67. The molecule has 2 aromatic rings. The molecule has 0 unspecified atom stereocenters. The number of amides is 1. The molecule has 1 fully saturated rings. The van der Waals surface area contributed by atoms with Gasteiger partial charge in [-0.15, -0.1) is 11.3 Å². The van der Waals surface area contributed by atoms with Crippen LogP contribution in [0.5, 0.6) is 0 Å². The molecule has 2 aromatic heterocycles. The van der Waals surface area contributed by atoms with Crippen molar-refractivity contribution in [3.63, 3.8) is 0 Å². The van der Waals surface area contributed by atoms with Crippen LogP contribution in [0, 0.1) is 6.92 Å². The lowest BCUT2D eigenvalue weighted by molar-refractivity contribution is 0.0952. The fourth-order valence-electron chi connectivity index (χ4n) is 2.63. The number of rotatable bonds is 5. The summed E-state index contributed by atoms with van der Waals surface area (Å²) in [6.07, 6.45) is 5.33. The zero-order valence-electron chi connectivity index (χ0n) is 12.8. The summed E-state index contributed by atoms with van der Waals surface area (Å²) in [5.41, 5.74) is 1.51. The quantitative estimate of drug-likeness (QED) is 0.910. The maximum Gasteiger partial charge on any atom is 0.254 e. The van der Waals surface area contributed by atoms with E-state index in [1.807, 2.05) is 20.2 Å². The van der Waals surface area contributed by atoms with Crippen molar-refractivity contribution < 1.29 is 9.53 Å². The van der Waals surface area contributed by atoms with E-state index >= 15 is 0 Å². The molecule has 1 N–H and O–H groups in total. The van der Waals surface area contributed by atoms with Crippen molar-refractivity contribution in [3.05, 3.63) is 33.5 Å². The minimum absolute atomic E-state index is 0.0664. The number of nitrogens with zero attached hydrogens (tertiary/aromatic N) is 3. The predicted molar refractivity (Wildman–Crippen MR) is 84.3 cm³/mol. The van der Waals surface area contributed by atoms with Crippen LogP contribution in [-0.4, -0.2) is 40.4 Å². The van der Waals surface area contributed by atoms with Crippen LogP contribution in [0.4, 0.5) is 0 Å². The fraction of sp³-hybridized carbons (Fsp3) is 0.533. The third-order valence-electron chi connectivity index (χ3n) is 3.71.